The topological polar surface area (TPSA) is 73.8 Å². The molecule has 0 bridgehead atoms. The van der Waals surface area contributed by atoms with E-state index in [1.165, 1.54) is 0 Å². The molecule has 0 spiro atoms. The van der Waals surface area contributed by atoms with Gasteiger partial charge in [-0.3, -0.25) is 5.10 Å². The third-order valence-electron chi connectivity index (χ3n) is 3.85. The molecule has 0 aliphatic carbocycles. The molecule has 4 heterocycles. The van der Waals surface area contributed by atoms with E-state index in [1.807, 2.05) is 24.4 Å². The lowest BCUT2D eigenvalue weighted by molar-refractivity contribution is 0.643. The minimum Gasteiger partial charge on any atom is -0.353 e. The van der Waals surface area contributed by atoms with Gasteiger partial charge in [0.15, 0.2) is 5.65 Å². The Morgan fingerprint density at radius 1 is 1.00 bits per heavy atom. The van der Waals surface area contributed by atoms with Crippen LogP contribution in [-0.4, -0.2) is 51.3 Å². The Morgan fingerprint density at radius 2 is 1.82 bits per heavy atom. The monoisotopic (exact) mass is 359 g/mol. The number of anilines is 2. The quantitative estimate of drug-likeness (QED) is 0.752. The highest BCUT2D eigenvalue weighted by Crippen LogP contribution is 2.29. The Bertz CT molecular complexity index is 780. The fourth-order valence-corrected chi connectivity index (χ4v) is 3.19. The number of fused-ring (bicyclic) bond motifs is 1. The minimum absolute atomic E-state index is 0.754. The zero-order chi connectivity index (χ0) is 14.9. The van der Waals surface area contributed by atoms with Gasteiger partial charge in [0.2, 0.25) is 0 Å². The molecule has 1 N–H and O–H groups in total. The molecule has 3 aromatic heterocycles. The number of H-pyrrole nitrogens is 1. The first kappa shape index (κ1) is 13.4. The smallest absolute Gasteiger partial charge is 0.161 e. The first-order chi connectivity index (χ1) is 10.8. The van der Waals surface area contributed by atoms with Crippen LogP contribution in [0.4, 0.5) is 11.6 Å². The molecule has 22 heavy (non-hydrogen) atoms. The average molecular weight is 360 g/mol. The van der Waals surface area contributed by atoms with Crippen LogP contribution in [0.15, 0.2) is 35.3 Å². The van der Waals surface area contributed by atoms with Gasteiger partial charge in [-0.05, 0) is 28.1 Å². The Hall–Kier alpha value is -2.22. The molecular weight excluding hydrogens is 346 g/mol. The number of halogens is 1. The van der Waals surface area contributed by atoms with Gasteiger partial charge in [-0.2, -0.15) is 5.10 Å². The van der Waals surface area contributed by atoms with Crippen molar-refractivity contribution in [3.63, 3.8) is 0 Å². The summed E-state index contributed by atoms with van der Waals surface area (Å²) in [6.07, 6.45) is 3.41. The molecule has 0 saturated carbocycles. The maximum absolute atomic E-state index is 4.45. The van der Waals surface area contributed by atoms with Gasteiger partial charge in [-0.15, -0.1) is 0 Å². The first-order valence-corrected chi connectivity index (χ1v) is 7.88. The number of aromatic amines is 1. The second-order valence-corrected chi connectivity index (χ2v) is 5.85. The lowest BCUT2D eigenvalue weighted by Crippen LogP contribution is -2.47. The zero-order valence-corrected chi connectivity index (χ0v) is 13.4. The summed E-state index contributed by atoms with van der Waals surface area (Å²) in [6.45, 7) is 3.61. The molecule has 8 heteroatoms. The molecular formula is C14H14BrN7. The highest BCUT2D eigenvalue weighted by atomic mass is 79.9. The van der Waals surface area contributed by atoms with Crippen LogP contribution in [0.1, 0.15) is 0 Å². The van der Waals surface area contributed by atoms with E-state index in [2.05, 4.69) is 50.9 Å². The van der Waals surface area contributed by atoms with Gasteiger partial charge >= 0.3 is 0 Å². The van der Waals surface area contributed by atoms with Gasteiger partial charge in [0.05, 0.1) is 5.39 Å². The van der Waals surface area contributed by atoms with E-state index < -0.39 is 0 Å². The molecule has 7 nitrogen and oxygen atoms in total. The fourth-order valence-electron chi connectivity index (χ4n) is 2.74. The van der Waals surface area contributed by atoms with Crippen molar-refractivity contribution in [1.29, 1.82) is 0 Å². The lowest BCUT2D eigenvalue weighted by Gasteiger charge is -2.36. The summed E-state index contributed by atoms with van der Waals surface area (Å²) >= 11 is 3.46. The molecule has 1 saturated heterocycles. The number of aromatic nitrogens is 5. The summed E-state index contributed by atoms with van der Waals surface area (Å²) in [5.41, 5.74) is 0.754. The van der Waals surface area contributed by atoms with Crippen molar-refractivity contribution in [2.75, 3.05) is 36.0 Å². The van der Waals surface area contributed by atoms with Gasteiger partial charge in [-0.25, -0.2) is 15.0 Å². The highest BCUT2D eigenvalue weighted by molar-refractivity contribution is 9.10. The molecule has 4 rings (SSSR count). The zero-order valence-electron chi connectivity index (χ0n) is 11.8. The van der Waals surface area contributed by atoms with E-state index in [4.69, 9.17) is 0 Å². The summed E-state index contributed by atoms with van der Waals surface area (Å²) in [7, 11) is 0. The molecule has 0 amide bonds. The number of nitrogens with zero attached hydrogens (tertiary/aromatic N) is 6. The number of piperazine rings is 1. The highest BCUT2D eigenvalue weighted by Gasteiger charge is 2.22. The van der Waals surface area contributed by atoms with Crippen LogP contribution in [0.3, 0.4) is 0 Å². The summed E-state index contributed by atoms with van der Waals surface area (Å²) < 4.78 is 0.755. The van der Waals surface area contributed by atoms with Gasteiger partial charge in [-0.1, -0.05) is 6.07 Å². The predicted molar refractivity (Wildman–Crippen MR) is 88.0 cm³/mol. The molecule has 112 valence electrons. The maximum atomic E-state index is 4.45. The predicted octanol–water partition coefficient (Wildman–Crippen LogP) is 1.84. The summed E-state index contributed by atoms with van der Waals surface area (Å²) in [5.74, 6) is 1.95. The standard InChI is InChI=1S/C14H14BrN7/c15-12-11-13(20-19-12)17-9-18-14(11)22-7-5-21(6-8-22)10-3-1-2-4-16-10/h1-4,9H,5-8H2,(H,17,18,19,20). The van der Waals surface area contributed by atoms with Crippen LogP contribution in [0.2, 0.25) is 0 Å². The Kier molecular flexibility index (Phi) is 3.38. The second kappa shape index (κ2) is 5.53. The lowest BCUT2D eigenvalue weighted by atomic mass is 10.2. The Balaban J connectivity index is 1.57. The SMILES string of the molecule is Brc1n[nH]c2ncnc(N3CCN(c4ccccn4)CC3)c12. The van der Waals surface area contributed by atoms with Crippen molar-refractivity contribution in [1.82, 2.24) is 25.1 Å². The van der Waals surface area contributed by atoms with E-state index >= 15 is 0 Å². The Morgan fingerprint density at radius 3 is 2.59 bits per heavy atom. The van der Waals surface area contributed by atoms with Crippen LogP contribution in [-0.2, 0) is 0 Å². The van der Waals surface area contributed by atoms with Gasteiger partial charge in [0.1, 0.15) is 22.6 Å². The van der Waals surface area contributed by atoms with Crippen molar-refractivity contribution >= 4 is 38.6 Å². The molecule has 0 atom stereocenters. The fraction of sp³-hybridized carbons (Fsp3) is 0.286. The summed E-state index contributed by atoms with van der Waals surface area (Å²) in [5, 5.41) is 8.00. The molecule has 0 radical (unpaired) electrons. The molecule has 0 aromatic carbocycles. The Labute approximate surface area is 135 Å². The summed E-state index contributed by atoms with van der Waals surface area (Å²) in [6, 6.07) is 6.00. The van der Waals surface area contributed by atoms with Crippen LogP contribution >= 0.6 is 15.9 Å². The third-order valence-corrected chi connectivity index (χ3v) is 4.42. The number of hydrogen-bond acceptors (Lipinski definition) is 6. The van der Waals surface area contributed by atoms with Gasteiger partial charge in [0, 0.05) is 32.4 Å². The number of rotatable bonds is 2. The van der Waals surface area contributed by atoms with E-state index in [9.17, 15) is 0 Å². The third kappa shape index (κ3) is 2.29. The second-order valence-electron chi connectivity index (χ2n) is 5.10. The molecule has 3 aromatic rings. The van der Waals surface area contributed by atoms with E-state index in [-0.39, 0.29) is 0 Å². The number of nitrogens with one attached hydrogen (secondary N) is 1. The number of hydrogen-bond donors (Lipinski definition) is 1. The van der Waals surface area contributed by atoms with Gasteiger partial charge in [0.25, 0.3) is 0 Å². The largest absolute Gasteiger partial charge is 0.353 e. The van der Waals surface area contributed by atoms with Crippen molar-refractivity contribution in [2.24, 2.45) is 0 Å². The van der Waals surface area contributed by atoms with E-state index in [0.717, 1.165) is 53.5 Å². The van der Waals surface area contributed by atoms with Gasteiger partial charge < -0.3 is 9.80 Å². The van der Waals surface area contributed by atoms with Crippen LogP contribution in [0, 0.1) is 0 Å². The average Bonchev–Trinajstić information content (AvgIpc) is 2.97. The maximum Gasteiger partial charge on any atom is 0.161 e. The van der Waals surface area contributed by atoms with Crippen LogP contribution in [0.25, 0.3) is 11.0 Å². The minimum atomic E-state index is 0.754. The van der Waals surface area contributed by atoms with E-state index in [1.54, 1.807) is 6.33 Å². The van der Waals surface area contributed by atoms with Crippen LogP contribution < -0.4 is 9.80 Å². The van der Waals surface area contributed by atoms with Crippen LogP contribution in [0.5, 0.6) is 0 Å². The molecule has 0 unspecified atom stereocenters. The summed E-state index contributed by atoms with van der Waals surface area (Å²) in [4.78, 5) is 17.6. The normalized spacial score (nSPS) is 15.5. The molecule has 1 aliphatic rings. The molecule has 1 aliphatic heterocycles. The van der Waals surface area contributed by atoms with Crippen molar-refractivity contribution in [2.45, 2.75) is 0 Å². The number of pyridine rings is 1. The van der Waals surface area contributed by atoms with Crippen molar-refractivity contribution in [3.8, 4) is 0 Å². The first-order valence-electron chi connectivity index (χ1n) is 7.08. The van der Waals surface area contributed by atoms with E-state index in [0.29, 0.717) is 0 Å². The van der Waals surface area contributed by atoms with Crippen molar-refractivity contribution < 1.29 is 0 Å². The molecule has 1 fully saturated rings. The van der Waals surface area contributed by atoms with Crippen molar-refractivity contribution in [3.05, 3.63) is 35.3 Å².